The number of amides is 2. The van der Waals surface area contributed by atoms with Crippen LogP contribution in [0.1, 0.15) is 20.8 Å². The first-order valence-corrected chi connectivity index (χ1v) is 8.21. The number of halogens is 1. The van der Waals surface area contributed by atoms with E-state index in [1.165, 1.54) is 11.3 Å². The maximum Gasteiger partial charge on any atom is 0.265 e. The standard InChI is InChI=1S/C15H11BrN4O2S/c16-10-3-1-8(2-4-10)14(22)20-15-19-12(7-23-15)9-5-11(13(17)21)18-6-9/h1-7,18H,(H2,17,21)(H,19,20,22). The smallest absolute Gasteiger partial charge is 0.265 e. The van der Waals surface area contributed by atoms with Crippen LogP contribution in [0, 0.1) is 0 Å². The monoisotopic (exact) mass is 390 g/mol. The van der Waals surface area contributed by atoms with Gasteiger partial charge in [-0.2, -0.15) is 0 Å². The number of aromatic amines is 1. The molecule has 0 aliphatic carbocycles. The number of rotatable bonds is 4. The van der Waals surface area contributed by atoms with Crippen molar-refractivity contribution < 1.29 is 9.59 Å². The van der Waals surface area contributed by atoms with Crippen LogP contribution in [0.25, 0.3) is 11.3 Å². The maximum atomic E-state index is 12.1. The molecule has 2 amide bonds. The molecule has 23 heavy (non-hydrogen) atoms. The highest BCUT2D eigenvalue weighted by Gasteiger charge is 2.12. The van der Waals surface area contributed by atoms with Crippen LogP contribution >= 0.6 is 27.3 Å². The van der Waals surface area contributed by atoms with Gasteiger partial charge in [-0.05, 0) is 30.3 Å². The van der Waals surface area contributed by atoms with E-state index in [4.69, 9.17) is 5.73 Å². The molecular weight excluding hydrogens is 380 g/mol. The van der Waals surface area contributed by atoms with E-state index >= 15 is 0 Å². The Kier molecular flexibility index (Phi) is 4.26. The fraction of sp³-hybridized carbons (Fsp3) is 0. The number of carbonyl (C=O) groups is 2. The molecule has 116 valence electrons. The Morgan fingerprint density at radius 1 is 1.26 bits per heavy atom. The third-order valence-corrected chi connectivity index (χ3v) is 4.36. The van der Waals surface area contributed by atoms with Crippen molar-refractivity contribution in [1.82, 2.24) is 9.97 Å². The highest BCUT2D eigenvalue weighted by molar-refractivity contribution is 9.10. The Labute approximate surface area is 143 Å². The highest BCUT2D eigenvalue weighted by Crippen LogP contribution is 2.25. The van der Waals surface area contributed by atoms with Crippen LogP contribution in [-0.4, -0.2) is 21.8 Å². The van der Waals surface area contributed by atoms with Crippen LogP contribution in [0.15, 0.2) is 46.4 Å². The SMILES string of the molecule is NC(=O)c1cc(-c2csc(NC(=O)c3ccc(Br)cc3)n2)c[nH]1. The molecular formula is C15H11BrN4O2S. The number of aromatic nitrogens is 2. The number of H-pyrrole nitrogens is 1. The molecule has 3 rings (SSSR count). The van der Waals surface area contributed by atoms with Crippen molar-refractivity contribution in [1.29, 1.82) is 0 Å². The van der Waals surface area contributed by atoms with E-state index < -0.39 is 5.91 Å². The molecule has 3 aromatic rings. The number of hydrogen-bond donors (Lipinski definition) is 3. The average molecular weight is 391 g/mol. The molecule has 0 saturated carbocycles. The molecule has 0 saturated heterocycles. The van der Waals surface area contributed by atoms with Crippen LogP contribution in [-0.2, 0) is 0 Å². The van der Waals surface area contributed by atoms with Gasteiger partial charge in [-0.3, -0.25) is 14.9 Å². The van der Waals surface area contributed by atoms with Crippen LogP contribution in [0.3, 0.4) is 0 Å². The van der Waals surface area contributed by atoms with E-state index in [2.05, 4.69) is 31.2 Å². The summed E-state index contributed by atoms with van der Waals surface area (Å²) in [5.74, 6) is -0.763. The van der Waals surface area contributed by atoms with Crippen LogP contribution in [0.5, 0.6) is 0 Å². The summed E-state index contributed by atoms with van der Waals surface area (Å²) in [5.41, 5.74) is 7.45. The fourth-order valence-electron chi connectivity index (χ4n) is 1.92. The van der Waals surface area contributed by atoms with Crippen molar-refractivity contribution in [3.63, 3.8) is 0 Å². The minimum Gasteiger partial charge on any atom is -0.364 e. The summed E-state index contributed by atoms with van der Waals surface area (Å²) in [6.45, 7) is 0. The maximum absolute atomic E-state index is 12.1. The summed E-state index contributed by atoms with van der Waals surface area (Å²) < 4.78 is 0.906. The molecule has 0 radical (unpaired) electrons. The lowest BCUT2D eigenvalue weighted by molar-refractivity contribution is 0.0994. The van der Waals surface area contributed by atoms with Gasteiger partial charge in [0.25, 0.3) is 11.8 Å². The predicted molar refractivity (Wildman–Crippen MR) is 92.5 cm³/mol. The van der Waals surface area contributed by atoms with E-state index in [1.807, 2.05) is 0 Å². The predicted octanol–water partition coefficient (Wildman–Crippen LogP) is 3.25. The quantitative estimate of drug-likeness (QED) is 0.636. The number of carbonyl (C=O) groups excluding carboxylic acids is 2. The third-order valence-electron chi connectivity index (χ3n) is 3.08. The molecule has 0 fully saturated rings. The summed E-state index contributed by atoms with van der Waals surface area (Å²) in [6, 6.07) is 8.66. The number of nitrogens with two attached hydrogens (primary N) is 1. The van der Waals surface area contributed by atoms with Crippen LogP contribution in [0.2, 0.25) is 0 Å². The van der Waals surface area contributed by atoms with Crippen molar-refractivity contribution >= 4 is 44.2 Å². The van der Waals surface area contributed by atoms with Crippen molar-refractivity contribution in [3.05, 3.63) is 57.6 Å². The van der Waals surface area contributed by atoms with Gasteiger partial charge in [0, 0.05) is 27.2 Å². The van der Waals surface area contributed by atoms with Gasteiger partial charge in [0.05, 0.1) is 5.69 Å². The van der Waals surface area contributed by atoms with Gasteiger partial charge in [-0.15, -0.1) is 11.3 Å². The topological polar surface area (TPSA) is 101 Å². The van der Waals surface area contributed by atoms with Gasteiger partial charge in [0.15, 0.2) is 5.13 Å². The number of anilines is 1. The molecule has 8 heteroatoms. The zero-order valence-corrected chi connectivity index (χ0v) is 14.1. The second-order valence-electron chi connectivity index (χ2n) is 4.67. The average Bonchev–Trinajstić information content (AvgIpc) is 3.16. The Morgan fingerprint density at radius 2 is 2.00 bits per heavy atom. The molecule has 0 spiro atoms. The molecule has 0 aliphatic rings. The van der Waals surface area contributed by atoms with Crippen LogP contribution < -0.4 is 11.1 Å². The first kappa shape index (κ1) is 15.4. The number of nitrogens with zero attached hydrogens (tertiary/aromatic N) is 1. The van der Waals surface area contributed by atoms with Gasteiger partial charge in [-0.1, -0.05) is 15.9 Å². The first-order chi connectivity index (χ1) is 11.0. The van der Waals surface area contributed by atoms with Crippen molar-refractivity contribution in [2.75, 3.05) is 5.32 Å². The minimum atomic E-state index is -0.532. The second-order valence-corrected chi connectivity index (χ2v) is 6.44. The minimum absolute atomic E-state index is 0.231. The fourth-order valence-corrected chi connectivity index (χ4v) is 2.90. The van der Waals surface area contributed by atoms with E-state index in [0.29, 0.717) is 22.1 Å². The summed E-state index contributed by atoms with van der Waals surface area (Å²) in [5, 5.41) is 5.03. The second kappa shape index (κ2) is 6.35. The third kappa shape index (κ3) is 3.49. The number of primary amides is 1. The summed E-state index contributed by atoms with van der Waals surface area (Å²) in [4.78, 5) is 30.4. The van der Waals surface area contributed by atoms with Gasteiger partial charge in [0.1, 0.15) is 5.69 Å². The Bertz CT molecular complexity index is 870. The van der Waals surface area contributed by atoms with Gasteiger partial charge >= 0.3 is 0 Å². The van der Waals surface area contributed by atoms with Crippen molar-refractivity contribution in [2.45, 2.75) is 0 Å². The molecule has 0 bridgehead atoms. The highest BCUT2D eigenvalue weighted by atomic mass is 79.9. The summed E-state index contributed by atoms with van der Waals surface area (Å²) in [6.07, 6.45) is 1.65. The summed E-state index contributed by atoms with van der Waals surface area (Å²) in [7, 11) is 0. The van der Waals surface area contributed by atoms with Crippen LogP contribution in [0.4, 0.5) is 5.13 Å². The molecule has 2 aromatic heterocycles. The Hall–Kier alpha value is -2.45. The number of thiazole rings is 1. The Balaban J connectivity index is 1.75. The number of hydrogen-bond acceptors (Lipinski definition) is 4. The number of nitrogens with one attached hydrogen (secondary N) is 2. The van der Waals surface area contributed by atoms with Crippen molar-refractivity contribution in [2.24, 2.45) is 5.73 Å². The van der Waals surface area contributed by atoms with E-state index in [-0.39, 0.29) is 5.91 Å². The van der Waals surface area contributed by atoms with Crippen molar-refractivity contribution in [3.8, 4) is 11.3 Å². The zero-order chi connectivity index (χ0) is 16.4. The molecule has 0 aliphatic heterocycles. The Morgan fingerprint density at radius 3 is 2.65 bits per heavy atom. The molecule has 0 unspecified atom stereocenters. The molecule has 2 heterocycles. The molecule has 1 aromatic carbocycles. The normalized spacial score (nSPS) is 10.5. The van der Waals surface area contributed by atoms with E-state index in [9.17, 15) is 9.59 Å². The van der Waals surface area contributed by atoms with Gasteiger partial charge in [-0.25, -0.2) is 4.98 Å². The summed E-state index contributed by atoms with van der Waals surface area (Å²) >= 11 is 4.63. The lowest BCUT2D eigenvalue weighted by Gasteiger charge is -2.01. The molecule has 0 atom stereocenters. The lowest BCUT2D eigenvalue weighted by Crippen LogP contribution is -2.11. The molecule has 6 nitrogen and oxygen atoms in total. The van der Waals surface area contributed by atoms with E-state index in [1.54, 1.807) is 41.9 Å². The van der Waals surface area contributed by atoms with Gasteiger partial charge < -0.3 is 10.7 Å². The van der Waals surface area contributed by atoms with E-state index in [0.717, 1.165) is 10.0 Å². The first-order valence-electron chi connectivity index (χ1n) is 6.54. The molecule has 4 N–H and O–H groups in total. The van der Waals surface area contributed by atoms with Gasteiger partial charge in [0.2, 0.25) is 0 Å². The zero-order valence-electron chi connectivity index (χ0n) is 11.7. The lowest BCUT2D eigenvalue weighted by atomic mass is 10.2. The largest absolute Gasteiger partial charge is 0.364 e. The number of benzene rings is 1.